The van der Waals surface area contributed by atoms with Gasteiger partial charge in [-0.15, -0.1) is 0 Å². The molecule has 8 nitrogen and oxygen atoms in total. The van der Waals surface area contributed by atoms with Crippen molar-refractivity contribution in [1.29, 1.82) is 0 Å². The lowest BCUT2D eigenvalue weighted by atomic mass is 9.98. The quantitative estimate of drug-likeness (QED) is 0.0865. The third kappa shape index (κ3) is 9.33. The van der Waals surface area contributed by atoms with Gasteiger partial charge in [0.2, 0.25) is 0 Å². The lowest BCUT2D eigenvalue weighted by Crippen LogP contribution is -2.30. The first kappa shape index (κ1) is 33.1. The summed E-state index contributed by atoms with van der Waals surface area (Å²) in [5.74, 6) is 0.785. The van der Waals surface area contributed by atoms with Crippen LogP contribution in [0, 0.1) is 0 Å². The molecule has 0 bridgehead atoms. The molecule has 0 saturated heterocycles. The second kappa shape index (κ2) is 17.6. The van der Waals surface area contributed by atoms with Gasteiger partial charge in [-0.25, -0.2) is 0 Å². The van der Waals surface area contributed by atoms with Crippen molar-refractivity contribution < 1.29 is 38.0 Å². The fraction of sp³-hybridized carbons (Fsp3) is 0.529. The molecule has 0 fully saturated rings. The van der Waals surface area contributed by atoms with Gasteiger partial charge in [-0.05, 0) is 30.9 Å². The van der Waals surface area contributed by atoms with E-state index in [1.165, 1.54) is 0 Å². The second-order valence-electron chi connectivity index (χ2n) is 10.1. The molecule has 0 aliphatic heterocycles. The number of aryl methyl sites for hydroxylation is 1. The minimum Gasteiger partial charge on any atom is -0.488 e. The highest BCUT2D eigenvalue weighted by atomic mass is 16.6. The van der Waals surface area contributed by atoms with Gasteiger partial charge in [-0.2, -0.15) is 0 Å². The van der Waals surface area contributed by atoms with E-state index in [4.69, 9.17) is 28.4 Å². The number of benzene rings is 3. The summed E-state index contributed by atoms with van der Waals surface area (Å²) in [5.41, 5.74) is 1.15. The third-order valence-electron chi connectivity index (χ3n) is 6.70. The predicted molar refractivity (Wildman–Crippen MR) is 164 cm³/mol. The normalized spacial score (nSPS) is 12.7. The van der Waals surface area contributed by atoms with E-state index in [9.17, 15) is 9.59 Å². The Hall–Kier alpha value is -3.36. The summed E-state index contributed by atoms with van der Waals surface area (Å²) in [4.78, 5) is 24.2. The average Bonchev–Trinajstić information content (AvgIpc) is 3.01. The molecule has 0 aromatic heterocycles. The first-order valence-electron chi connectivity index (χ1n) is 15.2. The van der Waals surface area contributed by atoms with Crippen molar-refractivity contribution in [2.45, 2.75) is 78.9 Å². The molecule has 3 aromatic rings. The largest absolute Gasteiger partial charge is 0.488 e. The molecule has 3 rings (SSSR count). The van der Waals surface area contributed by atoms with Crippen molar-refractivity contribution in [3.63, 3.8) is 0 Å². The standard InChI is InChI=1S/C34H46O8/c1-6-17-37-20-25(41-31(35)9-4)22-39-33-27-13-11-12-14-28(27)34(30-19-24(8-3)15-16-29(30)33)40-23-26(21-38-18-7-2)42-32(36)10-5/h11-16,19,25-26H,6-10,17-18,20-23H2,1-5H3. The highest BCUT2D eigenvalue weighted by molar-refractivity contribution is 6.11. The lowest BCUT2D eigenvalue weighted by molar-refractivity contribution is -0.154. The average molecular weight is 583 g/mol. The van der Waals surface area contributed by atoms with Crippen LogP contribution in [0.4, 0.5) is 0 Å². The van der Waals surface area contributed by atoms with E-state index in [1.807, 2.05) is 44.2 Å². The fourth-order valence-corrected chi connectivity index (χ4v) is 4.52. The van der Waals surface area contributed by atoms with Gasteiger partial charge in [0.25, 0.3) is 0 Å². The topological polar surface area (TPSA) is 89.5 Å². The van der Waals surface area contributed by atoms with Gasteiger partial charge in [-0.3, -0.25) is 9.59 Å². The van der Waals surface area contributed by atoms with E-state index in [-0.39, 0.29) is 51.2 Å². The van der Waals surface area contributed by atoms with Crippen molar-refractivity contribution in [1.82, 2.24) is 0 Å². The van der Waals surface area contributed by atoms with Gasteiger partial charge in [0.05, 0.1) is 13.2 Å². The molecule has 0 amide bonds. The number of hydrogen-bond donors (Lipinski definition) is 0. The maximum Gasteiger partial charge on any atom is 0.305 e. The van der Waals surface area contributed by atoms with Crippen LogP contribution in [0.3, 0.4) is 0 Å². The monoisotopic (exact) mass is 582 g/mol. The zero-order chi connectivity index (χ0) is 30.3. The molecule has 2 unspecified atom stereocenters. The molecule has 0 aliphatic carbocycles. The number of rotatable bonds is 19. The van der Waals surface area contributed by atoms with Crippen LogP contribution in [0.15, 0.2) is 42.5 Å². The number of hydrogen-bond acceptors (Lipinski definition) is 8. The number of fused-ring (bicyclic) bond motifs is 2. The van der Waals surface area contributed by atoms with Crippen LogP contribution >= 0.6 is 0 Å². The summed E-state index contributed by atoms with van der Waals surface area (Å²) in [5, 5.41) is 3.50. The van der Waals surface area contributed by atoms with Crippen molar-refractivity contribution in [2.75, 3.05) is 39.6 Å². The SMILES string of the molecule is CCCOCC(COc1c2ccccc2c(OCC(COCCC)OC(=O)CC)c2cc(CC)ccc12)OC(=O)CC. The molecular weight excluding hydrogens is 536 g/mol. The lowest BCUT2D eigenvalue weighted by Gasteiger charge is -2.23. The molecule has 0 N–H and O–H groups in total. The molecule has 0 heterocycles. The minimum atomic E-state index is -0.541. The maximum atomic E-state index is 12.1. The summed E-state index contributed by atoms with van der Waals surface area (Å²) in [6.45, 7) is 11.7. The van der Waals surface area contributed by atoms with Gasteiger partial charge < -0.3 is 28.4 Å². The van der Waals surface area contributed by atoms with E-state index < -0.39 is 12.2 Å². The Balaban J connectivity index is 2.01. The molecule has 0 aliphatic rings. The van der Waals surface area contributed by atoms with Gasteiger partial charge in [-0.1, -0.05) is 71.0 Å². The van der Waals surface area contributed by atoms with Crippen LogP contribution in [0.2, 0.25) is 0 Å². The molecule has 2 atom stereocenters. The Morgan fingerprint density at radius 2 is 1.10 bits per heavy atom. The number of esters is 2. The zero-order valence-electron chi connectivity index (χ0n) is 25.7. The van der Waals surface area contributed by atoms with Crippen LogP contribution in [0.1, 0.15) is 65.9 Å². The Kier molecular flexibility index (Phi) is 13.9. The van der Waals surface area contributed by atoms with E-state index in [2.05, 4.69) is 19.1 Å². The van der Waals surface area contributed by atoms with E-state index in [1.54, 1.807) is 13.8 Å². The highest BCUT2D eigenvalue weighted by Crippen LogP contribution is 2.43. The minimum absolute atomic E-state index is 0.147. The second-order valence-corrected chi connectivity index (χ2v) is 10.1. The first-order valence-corrected chi connectivity index (χ1v) is 15.2. The van der Waals surface area contributed by atoms with Gasteiger partial charge in [0, 0.05) is 47.6 Å². The Morgan fingerprint density at radius 3 is 1.55 bits per heavy atom. The van der Waals surface area contributed by atoms with Gasteiger partial charge in [0.1, 0.15) is 24.7 Å². The van der Waals surface area contributed by atoms with Crippen molar-refractivity contribution in [3.8, 4) is 11.5 Å². The number of ether oxygens (including phenoxy) is 6. The van der Waals surface area contributed by atoms with Gasteiger partial charge in [0.15, 0.2) is 12.2 Å². The Morgan fingerprint density at radius 1 is 0.619 bits per heavy atom. The van der Waals surface area contributed by atoms with Crippen LogP contribution in [0.25, 0.3) is 21.5 Å². The molecule has 0 radical (unpaired) electrons. The van der Waals surface area contributed by atoms with Crippen LogP contribution in [-0.2, 0) is 35.0 Å². The predicted octanol–water partition coefficient (Wildman–Crippen LogP) is 6.81. The molecule has 0 spiro atoms. The first-order chi connectivity index (χ1) is 20.4. The zero-order valence-corrected chi connectivity index (χ0v) is 25.7. The highest BCUT2D eigenvalue weighted by Gasteiger charge is 2.22. The summed E-state index contributed by atoms with van der Waals surface area (Å²) in [6, 6.07) is 14.1. The van der Waals surface area contributed by atoms with Crippen molar-refractivity contribution >= 4 is 33.5 Å². The van der Waals surface area contributed by atoms with Crippen LogP contribution in [0.5, 0.6) is 11.5 Å². The van der Waals surface area contributed by atoms with Crippen LogP contribution in [-0.4, -0.2) is 63.8 Å². The van der Waals surface area contributed by atoms with Crippen LogP contribution < -0.4 is 9.47 Å². The Bertz CT molecular complexity index is 1290. The van der Waals surface area contributed by atoms with E-state index >= 15 is 0 Å². The molecule has 230 valence electrons. The molecule has 8 heteroatoms. The third-order valence-corrected chi connectivity index (χ3v) is 6.70. The fourth-order valence-electron chi connectivity index (χ4n) is 4.52. The number of carbonyl (C=O) groups excluding carboxylic acids is 2. The molecule has 3 aromatic carbocycles. The molecule has 42 heavy (non-hydrogen) atoms. The summed E-state index contributed by atoms with van der Waals surface area (Å²) in [7, 11) is 0. The van der Waals surface area contributed by atoms with E-state index in [0.29, 0.717) is 24.7 Å². The smallest absolute Gasteiger partial charge is 0.305 e. The maximum absolute atomic E-state index is 12.1. The molecule has 0 saturated carbocycles. The molecular formula is C34H46O8. The Labute approximate surface area is 249 Å². The van der Waals surface area contributed by atoms with Gasteiger partial charge >= 0.3 is 11.9 Å². The van der Waals surface area contributed by atoms with E-state index in [0.717, 1.165) is 46.4 Å². The van der Waals surface area contributed by atoms with Crippen molar-refractivity contribution in [3.05, 3.63) is 48.0 Å². The summed E-state index contributed by atoms with van der Waals surface area (Å²) < 4.78 is 35.6. The summed E-state index contributed by atoms with van der Waals surface area (Å²) in [6.07, 6.45) is 2.06. The van der Waals surface area contributed by atoms with Crippen molar-refractivity contribution in [2.24, 2.45) is 0 Å². The number of carbonyl (C=O) groups is 2. The summed E-state index contributed by atoms with van der Waals surface area (Å²) >= 11 is 0.